The van der Waals surface area contributed by atoms with Gasteiger partial charge in [-0.1, -0.05) is 6.07 Å². The van der Waals surface area contributed by atoms with Gasteiger partial charge in [-0.3, -0.25) is 0 Å². The molecule has 0 saturated heterocycles. The molecular formula is C15H14F3NO. The lowest BCUT2D eigenvalue weighted by molar-refractivity contribution is 0.386. The molecule has 0 bridgehead atoms. The second-order valence-corrected chi connectivity index (χ2v) is 4.38. The first-order valence-corrected chi connectivity index (χ1v) is 6.06. The molecule has 0 spiro atoms. The van der Waals surface area contributed by atoms with Crippen LogP contribution in [0.25, 0.3) is 0 Å². The Balaban J connectivity index is 2.21. The third-order valence-electron chi connectivity index (χ3n) is 2.98. The van der Waals surface area contributed by atoms with Crippen LogP contribution in [0, 0.1) is 17.5 Å². The lowest BCUT2D eigenvalue weighted by atomic mass is 10.1. The van der Waals surface area contributed by atoms with Gasteiger partial charge in [-0.25, -0.2) is 13.2 Å². The summed E-state index contributed by atoms with van der Waals surface area (Å²) < 4.78 is 45.0. The average molecular weight is 281 g/mol. The Kier molecular flexibility index (Phi) is 4.17. The summed E-state index contributed by atoms with van der Waals surface area (Å²) in [5, 5.41) is 2.81. The van der Waals surface area contributed by atoms with Crippen LogP contribution in [0.4, 0.5) is 18.9 Å². The Labute approximate surface area is 115 Å². The van der Waals surface area contributed by atoms with Crippen molar-refractivity contribution in [2.75, 3.05) is 12.4 Å². The molecule has 0 saturated carbocycles. The second-order valence-electron chi connectivity index (χ2n) is 4.38. The maximum atomic E-state index is 13.6. The maximum absolute atomic E-state index is 13.6. The van der Waals surface area contributed by atoms with Gasteiger partial charge in [-0.2, -0.15) is 0 Å². The summed E-state index contributed by atoms with van der Waals surface area (Å²) in [5.41, 5.74) is 0.640. The van der Waals surface area contributed by atoms with Gasteiger partial charge in [0, 0.05) is 6.04 Å². The van der Waals surface area contributed by atoms with E-state index in [0.29, 0.717) is 5.56 Å². The zero-order valence-corrected chi connectivity index (χ0v) is 11.1. The highest BCUT2D eigenvalue weighted by atomic mass is 19.1. The standard InChI is InChI=1S/C15H14F3NO/c1-9(10-3-6-15(20-2)13(18)7-10)19-14-8-11(16)4-5-12(14)17/h3-9,19H,1-2H3. The number of nitrogens with one attached hydrogen (secondary N) is 1. The Morgan fingerprint density at radius 3 is 2.40 bits per heavy atom. The van der Waals surface area contributed by atoms with E-state index in [1.807, 2.05) is 0 Å². The van der Waals surface area contributed by atoms with Gasteiger partial charge in [0.15, 0.2) is 11.6 Å². The Hall–Kier alpha value is -2.17. The first-order chi connectivity index (χ1) is 9.51. The molecule has 1 N–H and O–H groups in total. The molecule has 2 nitrogen and oxygen atoms in total. The first-order valence-electron chi connectivity index (χ1n) is 6.06. The van der Waals surface area contributed by atoms with E-state index in [-0.39, 0.29) is 17.5 Å². The van der Waals surface area contributed by atoms with Crippen LogP contribution < -0.4 is 10.1 Å². The molecule has 2 aromatic carbocycles. The van der Waals surface area contributed by atoms with Crippen molar-refractivity contribution in [1.29, 1.82) is 0 Å². The van der Waals surface area contributed by atoms with Crippen molar-refractivity contribution in [3.05, 3.63) is 59.4 Å². The molecule has 0 radical (unpaired) electrons. The quantitative estimate of drug-likeness (QED) is 0.902. The van der Waals surface area contributed by atoms with E-state index >= 15 is 0 Å². The van der Waals surface area contributed by atoms with Crippen molar-refractivity contribution >= 4 is 5.69 Å². The van der Waals surface area contributed by atoms with E-state index in [4.69, 9.17) is 4.74 Å². The molecule has 2 aromatic rings. The average Bonchev–Trinajstić information content (AvgIpc) is 2.42. The largest absolute Gasteiger partial charge is 0.494 e. The molecule has 106 valence electrons. The van der Waals surface area contributed by atoms with Crippen LogP contribution in [-0.4, -0.2) is 7.11 Å². The second kappa shape index (κ2) is 5.86. The summed E-state index contributed by atoms with van der Waals surface area (Å²) in [7, 11) is 1.38. The van der Waals surface area contributed by atoms with Crippen LogP contribution >= 0.6 is 0 Å². The van der Waals surface area contributed by atoms with Crippen molar-refractivity contribution in [2.24, 2.45) is 0 Å². The maximum Gasteiger partial charge on any atom is 0.165 e. The van der Waals surface area contributed by atoms with E-state index in [1.165, 1.54) is 19.2 Å². The molecule has 2 rings (SSSR count). The molecule has 1 unspecified atom stereocenters. The fraction of sp³-hybridized carbons (Fsp3) is 0.200. The number of methoxy groups -OCH3 is 1. The number of ether oxygens (including phenoxy) is 1. The van der Waals surface area contributed by atoms with E-state index in [0.717, 1.165) is 18.2 Å². The molecule has 0 amide bonds. The summed E-state index contributed by atoms with van der Waals surface area (Å²) in [5.74, 6) is -1.47. The number of rotatable bonds is 4. The van der Waals surface area contributed by atoms with Gasteiger partial charge in [-0.15, -0.1) is 0 Å². The van der Waals surface area contributed by atoms with Crippen molar-refractivity contribution < 1.29 is 17.9 Å². The Morgan fingerprint density at radius 2 is 1.75 bits per heavy atom. The molecular weight excluding hydrogens is 267 g/mol. The van der Waals surface area contributed by atoms with Gasteiger partial charge in [0.05, 0.1) is 12.8 Å². The van der Waals surface area contributed by atoms with Crippen molar-refractivity contribution in [1.82, 2.24) is 0 Å². The van der Waals surface area contributed by atoms with Crippen molar-refractivity contribution in [2.45, 2.75) is 13.0 Å². The van der Waals surface area contributed by atoms with Crippen molar-refractivity contribution in [3.8, 4) is 5.75 Å². The van der Waals surface area contributed by atoms with E-state index in [9.17, 15) is 13.2 Å². The first kappa shape index (κ1) is 14.2. The summed E-state index contributed by atoms with van der Waals surface area (Å²) in [6.45, 7) is 1.73. The summed E-state index contributed by atoms with van der Waals surface area (Å²) in [4.78, 5) is 0. The van der Waals surface area contributed by atoms with Crippen LogP contribution in [0.3, 0.4) is 0 Å². The lowest BCUT2D eigenvalue weighted by Crippen LogP contribution is -2.08. The third-order valence-corrected chi connectivity index (χ3v) is 2.98. The van der Waals surface area contributed by atoms with Crippen LogP contribution in [0.1, 0.15) is 18.5 Å². The molecule has 5 heteroatoms. The lowest BCUT2D eigenvalue weighted by Gasteiger charge is -2.17. The molecule has 20 heavy (non-hydrogen) atoms. The minimum Gasteiger partial charge on any atom is -0.494 e. The van der Waals surface area contributed by atoms with Crippen LogP contribution in [0.5, 0.6) is 5.75 Å². The SMILES string of the molecule is COc1ccc(C(C)Nc2cc(F)ccc2F)cc1F. The molecule has 1 atom stereocenters. The monoisotopic (exact) mass is 281 g/mol. The number of hydrogen-bond acceptors (Lipinski definition) is 2. The molecule has 0 aromatic heterocycles. The Morgan fingerprint density at radius 1 is 1.00 bits per heavy atom. The third kappa shape index (κ3) is 3.04. The zero-order chi connectivity index (χ0) is 14.7. The highest BCUT2D eigenvalue weighted by molar-refractivity contribution is 5.47. The predicted molar refractivity (Wildman–Crippen MR) is 71.3 cm³/mol. The predicted octanol–water partition coefficient (Wildman–Crippen LogP) is 4.29. The fourth-order valence-corrected chi connectivity index (χ4v) is 1.88. The summed E-state index contributed by atoms with van der Waals surface area (Å²) >= 11 is 0. The van der Waals surface area contributed by atoms with Gasteiger partial charge >= 0.3 is 0 Å². The molecule has 0 aliphatic heterocycles. The smallest absolute Gasteiger partial charge is 0.165 e. The zero-order valence-electron chi connectivity index (χ0n) is 11.1. The van der Waals surface area contributed by atoms with Crippen LogP contribution in [-0.2, 0) is 0 Å². The minimum absolute atomic E-state index is 0.0359. The molecule has 0 fully saturated rings. The van der Waals surface area contributed by atoms with Crippen LogP contribution in [0.2, 0.25) is 0 Å². The van der Waals surface area contributed by atoms with Gasteiger partial charge in [0.25, 0.3) is 0 Å². The summed E-state index contributed by atoms with van der Waals surface area (Å²) in [6, 6.07) is 7.21. The molecule has 0 aliphatic carbocycles. The number of hydrogen-bond donors (Lipinski definition) is 1. The molecule has 0 heterocycles. The van der Waals surface area contributed by atoms with Gasteiger partial charge < -0.3 is 10.1 Å². The topological polar surface area (TPSA) is 21.3 Å². The normalized spacial score (nSPS) is 12.1. The van der Waals surface area contributed by atoms with E-state index in [2.05, 4.69) is 5.32 Å². The van der Waals surface area contributed by atoms with Gasteiger partial charge in [0.1, 0.15) is 11.6 Å². The highest BCUT2D eigenvalue weighted by Crippen LogP contribution is 2.25. The minimum atomic E-state index is -0.563. The number of benzene rings is 2. The summed E-state index contributed by atoms with van der Waals surface area (Å²) in [6.07, 6.45) is 0. The Bertz CT molecular complexity index is 616. The van der Waals surface area contributed by atoms with Gasteiger partial charge in [0.2, 0.25) is 0 Å². The highest BCUT2D eigenvalue weighted by Gasteiger charge is 2.12. The molecule has 0 aliphatic rings. The van der Waals surface area contributed by atoms with Gasteiger partial charge in [-0.05, 0) is 42.8 Å². The number of anilines is 1. The van der Waals surface area contributed by atoms with Crippen molar-refractivity contribution in [3.63, 3.8) is 0 Å². The fourth-order valence-electron chi connectivity index (χ4n) is 1.88. The van der Waals surface area contributed by atoms with E-state index in [1.54, 1.807) is 13.0 Å². The van der Waals surface area contributed by atoms with E-state index < -0.39 is 17.5 Å². The number of halogens is 3. The van der Waals surface area contributed by atoms with Crippen LogP contribution in [0.15, 0.2) is 36.4 Å².